The summed E-state index contributed by atoms with van der Waals surface area (Å²) in [6, 6.07) is 5.80. The first kappa shape index (κ1) is 27.5. The van der Waals surface area contributed by atoms with Gasteiger partial charge in [0.15, 0.2) is 5.82 Å². The van der Waals surface area contributed by atoms with Crippen LogP contribution < -0.4 is 15.4 Å². The summed E-state index contributed by atoms with van der Waals surface area (Å²) in [4.78, 5) is 31.5. The van der Waals surface area contributed by atoms with E-state index in [2.05, 4.69) is 42.3 Å². The predicted molar refractivity (Wildman–Crippen MR) is 158 cm³/mol. The number of aromatic nitrogens is 3. The minimum atomic E-state index is -0.384. The molecule has 0 spiro atoms. The monoisotopic (exact) mass is 585 g/mol. The maximum atomic E-state index is 13.3. The maximum absolute atomic E-state index is 13.3. The number of piperazine rings is 1. The fourth-order valence-corrected chi connectivity index (χ4v) is 6.03. The molecule has 4 heterocycles. The van der Waals surface area contributed by atoms with E-state index in [9.17, 15) is 4.79 Å². The van der Waals surface area contributed by atoms with E-state index >= 15 is 0 Å². The molecule has 9 nitrogen and oxygen atoms in total. The van der Waals surface area contributed by atoms with Crippen LogP contribution in [-0.2, 0) is 6.54 Å². The number of amides is 1. The number of aryl methyl sites for hydroxylation is 1. The van der Waals surface area contributed by atoms with Crippen molar-refractivity contribution in [3.8, 4) is 5.75 Å². The highest BCUT2D eigenvalue weighted by molar-refractivity contribution is 7.18. The molecule has 2 N–H and O–H groups in total. The van der Waals surface area contributed by atoms with Gasteiger partial charge in [0.25, 0.3) is 5.91 Å². The predicted octanol–water partition coefficient (Wildman–Crippen LogP) is 5.84. The molecule has 0 atom stereocenters. The summed E-state index contributed by atoms with van der Waals surface area (Å²) in [6.45, 7) is 10.3. The van der Waals surface area contributed by atoms with Crippen LogP contribution in [0.5, 0.6) is 5.75 Å². The van der Waals surface area contributed by atoms with E-state index in [-0.39, 0.29) is 10.9 Å². The van der Waals surface area contributed by atoms with E-state index < -0.39 is 0 Å². The Balaban J connectivity index is 1.34. The Bertz CT molecular complexity index is 1510. The Hall–Kier alpha value is -3.02. The SMILES string of the molecule is CCN1CCN(Cc2ccnc(Nc3ncnc4c(C(=O)Nc5c(Cl)c(C)cc(OC)c5Cl)csc34)c2)CC1. The number of fused-ring (bicyclic) bond motifs is 1. The average molecular weight is 587 g/mol. The molecule has 1 aliphatic rings. The summed E-state index contributed by atoms with van der Waals surface area (Å²) in [7, 11) is 1.51. The minimum Gasteiger partial charge on any atom is -0.495 e. The maximum Gasteiger partial charge on any atom is 0.258 e. The number of benzene rings is 1. The molecular weight excluding hydrogens is 557 g/mol. The molecule has 5 rings (SSSR count). The van der Waals surface area contributed by atoms with Crippen molar-refractivity contribution in [2.24, 2.45) is 0 Å². The van der Waals surface area contributed by atoms with E-state index in [0.717, 1.165) is 49.5 Å². The molecule has 204 valence electrons. The van der Waals surface area contributed by atoms with Crippen LogP contribution in [0.1, 0.15) is 28.4 Å². The number of carbonyl (C=O) groups is 1. The van der Waals surface area contributed by atoms with E-state index in [1.165, 1.54) is 30.3 Å². The lowest BCUT2D eigenvalue weighted by molar-refractivity contribution is 0.102. The highest BCUT2D eigenvalue weighted by Crippen LogP contribution is 2.41. The summed E-state index contributed by atoms with van der Waals surface area (Å²) in [6.07, 6.45) is 3.23. The normalized spacial score (nSPS) is 14.5. The summed E-state index contributed by atoms with van der Waals surface area (Å²) in [5.41, 5.74) is 3.11. The average Bonchev–Trinajstić information content (AvgIpc) is 3.39. The molecule has 1 fully saturated rings. The second kappa shape index (κ2) is 12.0. The molecule has 12 heteroatoms. The molecular formula is C27H29Cl2N7O2S. The number of pyridine rings is 1. The van der Waals surface area contributed by atoms with Gasteiger partial charge in [0, 0.05) is 44.3 Å². The molecule has 0 bridgehead atoms. The van der Waals surface area contributed by atoms with E-state index in [4.69, 9.17) is 27.9 Å². The van der Waals surface area contributed by atoms with Gasteiger partial charge in [-0.3, -0.25) is 9.69 Å². The summed E-state index contributed by atoms with van der Waals surface area (Å²) in [5, 5.41) is 8.48. The van der Waals surface area contributed by atoms with Gasteiger partial charge in [-0.05, 0) is 42.8 Å². The van der Waals surface area contributed by atoms with Crippen molar-refractivity contribution in [3.05, 3.63) is 62.8 Å². The van der Waals surface area contributed by atoms with Gasteiger partial charge in [0.2, 0.25) is 0 Å². The van der Waals surface area contributed by atoms with Crippen LogP contribution in [-0.4, -0.2) is 70.5 Å². The number of nitrogens with zero attached hydrogens (tertiary/aromatic N) is 5. The van der Waals surface area contributed by atoms with Gasteiger partial charge in [0.05, 0.1) is 33.6 Å². The Kier molecular flexibility index (Phi) is 8.49. The van der Waals surface area contributed by atoms with E-state index in [1.807, 2.05) is 19.1 Å². The van der Waals surface area contributed by atoms with Crippen LogP contribution in [0, 0.1) is 6.92 Å². The van der Waals surface area contributed by atoms with Gasteiger partial charge >= 0.3 is 0 Å². The number of halogens is 2. The lowest BCUT2D eigenvalue weighted by atomic mass is 10.2. The first-order valence-corrected chi connectivity index (χ1v) is 14.2. The zero-order chi connectivity index (χ0) is 27.5. The van der Waals surface area contributed by atoms with E-state index in [0.29, 0.717) is 39.2 Å². The standard InChI is InChI=1S/C27H29Cl2N7O2S/c1-4-35-7-9-36(10-8-35)13-17-5-6-30-20(12-17)33-26-25-23(31-15-32-26)18(14-39-25)27(37)34-24-21(28)16(2)11-19(38-3)22(24)29/h5-6,11-12,14-15H,4,7-10,13H2,1-3H3,(H,34,37)(H,30,31,32,33). The highest BCUT2D eigenvalue weighted by atomic mass is 35.5. The van der Waals surface area contributed by atoms with Crippen molar-refractivity contribution >= 4 is 68.0 Å². The minimum absolute atomic E-state index is 0.233. The lowest BCUT2D eigenvalue weighted by Crippen LogP contribution is -2.45. The highest BCUT2D eigenvalue weighted by Gasteiger charge is 2.22. The molecule has 4 aromatic rings. The number of hydrogen-bond donors (Lipinski definition) is 2. The third kappa shape index (κ3) is 5.95. The molecule has 0 aliphatic carbocycles. The molecule has 0 unspecified atom stereocenters. The van der Waals surface area contributed by atoms with Crippen LogP contribution >= 0.6 is 34.5 Å². The number of likely N-dealkylation sites (N-methyl/N-ethyl adjacent to an activating group) is 1. The molecule has 1 aliphatic heterocycles. The number of methoxy groups -OCH3 is 1. The molecule has 3 aromatic heterocycles. The Morgan fingerprint density at radius 2 is 1.87 bits per heavy atom. The largest absolute Gasteiger partial charge is 0.495 e. The van der Waals surface area contributed by atoms with Gasteiger partial charge in [-0.1, -0.05) is 30.1 Å². The number of carbonyl (C=O) groups excluding carboxylic acids is 1. The van der Waals surface area contributed by atoms with Crippen molar-refractivity contribution in [2.75, 3.05) is 50.5 Å². The van der Waals surface area contributed by atoms with E-state index in [1.54, 1.807) is 17.6 Å². The summed E-state index contributed by atoms with van der Waals surface area (Å²) < 4.78 is 6.06. The lowest BCUT2D eigenvalue weighted by Gasteiger charge is -2.34. The van der Waals surface area contributed by atoms with Gasteiger partial charge in [-0.25, -0.2) is 15.0 Å². The first-order valence-electron chi connectivity index (χ1n) is 12.6. The Labute approximate surface area is 241 Å². The number of hydrogen-bond acceptors (Lipinski definition) is 9. The molecule has 39 heavy (non-hydrogen) atoms. The quantitative estimate of drug-likeness (QED) is 0.266. The van der Waals surface area contributed by atoms with Crippen LogP contribution in [0.4, 0.5) is 17.3 Å². The number of nitrogens with one attached hydrogen (secondary N) is 2. The van der Waals surface area contributed by atoms with Crippen LogP contribution in [0.2, 0.25) is 10.0 Å². The smallest absolute Gasteiger partial charge is 0.258 e. The van der Waals surface area contributed by atoms with Gasteiger partial charge in [0.1, 0.15) is 22.9 Å². The van der Waals surface area contributed by atoms with Crippen LogP contribution in [0.3, 0.4) is 0 Å². The van der Waals surface area contributed by atoms with Crippen molar-refractivity contribution in [1.29, 1.82) is 0 Å². The van der Waals surface area contributed by atoms with Crippen LogP contribution in [0.15, 0.2) is 36.1 Å². The Morgan fingerprint density at radius 1 is 1.10 bits per heavy atom. The second-order valence-corrected chi connectivity index (χ2v) is 10.9. The van der Waals surface area contributed by atoms with Crippen molar-refractivity contribution in [1.82, 2.24) is 24.8 Å². The third-order valence-electron chi connectivity index (χ3n) is 6.79. The number of thiophene rings is 1. The molecule has 0 radical (unpaired) electrons. The zero-order valence-corrected chi connectivity index (χ0v) is 24.3. The van der Waals surface area contributed by atoms with Crippen molar-refractivity contribution in [2.45, 2.75) is 20.4 Å². The number of rotatable bonds is 8. The molecule has 1 aromatic carbocycles. The molecule has 1 saturated heterocycles. The van der Waals surface area contributed by atoms with Crippen molar-refractivity contribution < 1.29 is 9.53 Å². The Morgan fingerprint density at radius 3 is 2.62 bits per heavy atom. The number of anilines is 3. The van der Waals surface area contributed by atoms with Gasteiger partial charge in [-0.2, -0.15) is 0 Å². The van der Waals surface area contributed by atoms with Crippen LogP contribution in [0.25, 0.3) is 10.2 Å². The van der Waals surface area contributed by atoms with Gasteiger partial charge < -0.3 is 20.3 Å². The zero-order valence-electron chi connectivity index (χ0n) is 21.9. The second-order valence-electron chi connectivity index (χ2n) is 9.29. The third-order valence-corrected chi connectivity index (χ3v) is 8.63. The summed E-state index contributed by atoms with van der Waals surface area (Å²) in [5.74, 6) is 1.31. The fourth-order valence-electron chi connectivity index (χ4n) is 4.56. The van der Waals surface area contributed by atoms with Crippen molar-refractivity contribution in [3.63, 3.8) is 0 Å². The summed E-state index contributed by atoms with van der Waals surface area (Å²) >= 11 is 14.3. The molecule has 1 amide bonds. The topological polar surface area (TPSA) is 95.5 Å². The fraction of sp³-hybridized carbons (Fsp3) is 0.333. The molecule has 0 saturated carbocycles. The number of ether oxygens (including phenoxy) is 1. The van der Waals surface area contributed by atoms with Gasteiger partial charge in [-0.15, -0.1) is 11.3 Å². The first-order chi connectivity index (χ1) is 18.9.